The molecule has 0 saturated heterocycles. The van der Waals surface area contributed by atoms with Crippen molar-refractivity contribution in [2.75, 3.05) is 7.11 Å². The van der Waals surface area contributed by atoms with Crippen LogP contribution < -0.4 is 4.74 Å². The minimum atomic E-state index is -0.317. The summed E-state index contributed by atoms with van der Waals surface area (Å²) in [6.45, 7) is 0. The van der Waals surface area contributed by atoms with E-state index in [0.717, 1.165) is 0 Å². The molecule has 11 heavy (non-hydrogen) atoms. The Balaban J connectivity index is 3.29. The Morgan fingerprint density at radius 3 is 2.64 bits per heavy atom. The highest BCUT2D eigenvalue weighted by molar-refractivity contribution is 14.1. The first-order valence-electron chi connectivity index (χ1n) is 2.84. The Kier molecular flexibility index (Phi) is 3.12. The molecule has 0 amide bonds. The van der Waals surface area contributed by atoms with Crippen molar-refractivity contribution in [2.45, 2.75) is 0 Å². The van der Waals surface area contributed by atoms with Gasteiger partial charge in [0, 0.05) is 0 Å². The summed E-state index contributed by atoms with van der Waals surface area (Å²) in [5.41, 5.74) is 0. The first-order valence-corrected chi connectivity index (χ1v) is 4.71. The first-order chi connectivity index (χ1) is 5.16. The van der Waals surface area contributed by atoms with E-state index in [1.54, 1.807) is 12.1 Å². The maximum absolute atomic E-state index is 13.1. The van der Waals surface area contributed by atoms with E-state index in [1.807, 2.05) is 22.6 Å². The standard InChI is InChI=1S/C7H5BrFIO/c1-11-7-4(8)2-3-5(10)6(7)9/h2-3H,1H3. The third-order valence-corrected chi connectivity index (χ3v) is 2.66. The van der Waals surface area contributed by atoms with Crippen LogP contribution in [0.2, 0.25) is 0 Å². The Morgan fingerprint density at radius 2 is 2.18 bits per heavy atom. The van der Waals surface area contributed by atoms with Crippen molar-refractivity contribution in [3.63, 3.8) is 0 Å². The van der Waals surface area contributed by atoms with Gasteiger partial charge in [0.1, 0.15) is 0 Å². The molecule has 1 rings (SSSR count). The van der Waals surface area contributed by atoms with Crippen LogP contribution in [0.3, 0.4) is 0 Å². The van der Waals surface area contributed by atoms with Gasteiger partial charge in [-0.25, -0.2) is 4.39 Å². The molecule has 0 spiro atoms. The predicted molar refractivity (Wildman–Crippen MR) is 53.4 cm³/mol. The molecule has 0 unspecified atom stereocenters. The summed E-state index contributed by atoms with van der Waals surface area (Å²) >= 11 is 5.09. The van der Waals surface area contributed by atoms with E-state index >= 15 is 0 Å². The molecule has 0 aliphatic rings. The monoisotopic (exact) mass is 330 g/mol. The summed E-state index contributed by atoms with van der Waals surface area (Å²) in [6, 6.07) is 3.44. The fourth-order valence-corrected chi connectivity index (χ4v) is 1.59. The number of ether oxygens (including phenoxy) is 1. The van der Waals surface area contributed by atoms with Crippen LogP contribution in [-0.2, 0) is 0 Å². The van der Waals surface area contributed by atoms with E-state index in [1.165, 1.54) is 7.11 Å². The fraction of sp³-hybridized carbons (Fsp3) is 0.143. The van der Waals surface area contributed by atoms with E-state index < -0.39 is 0 Å². The normalized spacial score (nSPS) is 9.82. The lowest BCUT2D eigenvalue weighted by molar-refractivity contribution is 0.382. The third-order valence-electron chi connectivity index (χ3n) is 1.21. The molecule has 0 atom stereocenters. The highest BCUT2D eigenvalue weighted by atomic mass is 127. The number of rotatable bonds is 1. The molecule has 0 bridgehead atoms. The molecule has 1 aromatic rings. The van der Waals surface area contributed by atoms with Gasteiger partial charge in [-0.15, -0.1) is 0 Å². The lowest BCUT2D eigenvalue weighted by Gasteiger charge is -2.04. The zero-order valence-corrected chi connectivity index (χ0v) is 9.44. The molecular weight excluding hydrogens is 326 g/mol. The van der Waals surface area contributed by atoms with Crippen molar-refractivity contribution in [3.8, 4) is 5.75 Å². The summed E-state index contributed by atoms with van der Waals surface area (Å²) < 4.78 is 19.1. The van der Waals surface area contributed by atoms with Crippen LogP contribution in [-0.4, -0.2) is 7.11 Å². The van der Waals surface area contributed by atoms with E-state index in [2.05, 4.69) is 15.9 Å². The minimum absolute atomic E-state index is 0.261. The molecular formula is C7H5BrFIO. The maximum Gasteiger partial charge on any atom is 0.179 e. The topological polar surface area (TPSA) is 9.23 Å². The molecule has 1 aromatic carbocycles. The molecule has 0 aliphatic heterocycles. The number of hydrogen-bond donors (Lipinski definition) is 0. The van der Waals surface area contributed by atoms with Gasteiger partial charge in [-0.3, -0.25) is 0 Å². The number of halogens is 3. The average molecular weight is 331 g/mol. The Labute approximate surface area is 86.2 Å². The maximum atomic E-state index is 13.1. The van der Waals surface area contributed by atoms with Crippen molar-refractivity contribution in [2.24, 2.45) is 0 Å². The van der Waals surface area contributed by atoms with Crippen LogP contribution in [0.25, 0.3) is 0 Å². The van der Waals surface area contributed by atoms with Gasteiger partial charge in [0.25, 0.3) is 0 Å². The Morgan fingerprint density at radius 1 is 1.55 bits per heavy atom. The van der Waals surface area contributed by atoms with Crippen LogP contribution in [0.1, 0.15) is 0 Å². The Bertz CT molecular complexity index is 277. The van der Waals surface area contributed by atoms with E-state index in [-0.39, 0.29) is 11.6 Å². The number of hydrogen-bond acceptors (Lipinski definition) is 1. The van der Waals surface area contributed by atoms with Gasteiger partial charge in [0.15, 0.2) is 11.6 Å². The molecule has 60 valence electrons. The lowest BCUT2D eigenvalue weighted by atomic mass is 10.3. The summed E-state index contributed by atoms with van der Waals surface area (Å²) in [5, 5.41) is 0. The fourth-order valence-electron chi connectivity index (χ4n) is 0.696. The predicted octanol–water partition coefficient (Wildman–Crippen LogP) is 3.20. The van der Waals surface area contributed by atoms with Crippen LogP contribution in [0.4, 0.5) is 4.39 Å². The second kappa shape index (κ2) is 3.71. The molecule has 0 saturated carbocycles. The SMILES string of the molecule is COc1c(Br)ccc(I)c1F. The van der Waals surface area contributed by atoms with Crippen LogP contribution >= 0.6 is 38.5 Å². The minimum Gasteiger partial charge on any atom is -0.492 e. The molecule has 0 radical (unpaired) electrons. The number of benzene rings is 1. The molecule has 0 heterocycles. The van der Waals surface area contributed by atoms with Gasteiger partial charge < -0.3 is 4.74 Å². The van der Waals surface area contributed by atoms with Gasteiger partial charge in [-0.2, -0.15) is 0 Å². The Hall–Kier alpha value is 0.160. The summed E-state index contributed by atoms with van der Waals surface area (Å²) in [5.74, 6) is -0.0561. The zero-order valence-electron chi connectivity index (χ0n) is 5.70. The molecule has 0 aliphatic carbocycles. The van der Waals surface area contributed by atoms with Crippen molar-refractivity contribution < 1.29 is 9.13 Å². The first kappa shape index (κ1) is 9.25. The summed E-state index contributed by atoms with van der Waals surface area (Å²) in [6.07, 6.45) is 0. The van der Waals surface area contributed by atoms with E-state index in [9.17, 15) is 4.39 Å². The van der Waals surface area contributed by atoms with Crippen molar-refractivity contribution in [3.05, 3.63) is 26.0 Å². The average Bonchev–Trinajstić information content (AvgIpc) is 1.99. The smallest absolute Gasteiger partial charge is 0.179 e. The van der Waals surface area contributed by atoms with Gasteiger partial charge in [0.2, 0.25) is 0 Å². The second-order valence-corrected chi connectivity index (χ2v) is 3.89. The van der Waals surface area contributed by atoms with Gasteiger partial charge in [-0.1, -0.05) is 0 Å². The molecule has 0 N–H and O–H groups in total. The van der Waals surface area contributed by atoms with E-state index in [4.69, 9.17) is 4.74 Å². The van der Waals surface area contributed by atoms with Crippen LogP contribution in [0.5, 0.6) is 5.75 Å². The van der Waals surface area contributed by atoms with E-state index in [0.29, 0.717) is 8.04 Å². The highest BCUT2D eigenvalue weighted by Crippen LogP contribution is 2.30. The zero-order chi connectivity index (χ0) is 8.43. The van der Waals surface area contributed by atoms with Crippen molar-refractivity contribution in [1.29, 1.82) is 0 Å². The summed E-state index contributed by atoms with van der Waals surface area (Å²) in [4.78, 5) is 0. The molecule has 0 fully saturated rings. The van der Waals surface area contributed by atoms with Crippen molar-refractivity contribution >= 4 is 38.5 Å². The summed E-state index contributed by atoms with van der Waals surface area (Å²) in [7, 11) is 1.44. The van der Waals surface area contributed by atoms with Gasteiger partial charge in [0.05, 0.1) is 15.2 Å². The third kappa shape index (κ3) is 1.84. The van der Waals surface area contributed by atoms with Gasteiger partial charge in [-0.05, 0) is 50.7 Å². The highest BCUT2D eigenvalue weighted by Gasteiger charge is 2.09. The molecule has 1 nitrogen and oxygen atoms in total. The largest absolute Gasteiger partial charge is 0.492 e. The van der Waals surface area contributed by atoms with Crippen LogP contribution in [0, 0.1) is 9.39 Å². The van der Waals surface area contributed by atoms with Crippen molar-refractivity contribution in [1.82, 2.24) is 0 Å². The lowest BCUT2D eigenvalue weighted by Crippen LogP contribution is -1.91. The number of methoxy groups -OCH3 is 1. The van der Waals surface area contributed by atoms with Gasteiger partial charge >= 0.3 is 0 Å². The molecule has 4 heteroatoms. The molecule has 0 aromatic heterocycles. The quantitative estimate of drug-likeness (QED) is 0.567. The second-order valence-electron chi connectivity index (χ2n) is 1.88. The van der Waals surface area contributed by atoms with Crippen LogP contribution in [0.15, 0.2) is 16.6 Å².